The average molecular weight is 141 g/mol. The number of hydrogen-bond donors (Lipinski definition) is 0. The van der Waals surface area contributed by atoms with Gasteiger partial charge in [0.1, 0.15) is 0 Å². The van der Waals surface area contributed by atoms with Crippen LogP contribution in [0, 0.1) is 0 Å². The van der Waals surface area contributed by atoms with E-state index in [1.54, 1.807) is 0 Å². The predicted octanol–water partition coefficient (Wildman–Crippen LogP) is 2.64. The Hall–Kier alpha value is -0.460. The molecule has 0 fully saturated rings. The van der Waals surface area contributed by atoms with Gasteiger partial charge in [-0.3, -0.25) is 0 Å². The van der Waals surface area contributed by atoms with Crippen LogP contribution in [0.2, 0.25) is 0 Å². The van der Waals surface area contributed by atoms with Crippen LogP contribution in [-0.2, 0) is 0 Å². The fourth-order valence-electron chi connectivity index (χ4n) is 0.798. The van der Waals surface area contributed by atoms with Crippen LogP contribution >= 0.6 is 0 Å². The predicted molar refractivity (Wildman–Crippen MR) is 47.0 cm³/mol. The van der Waals surface area contributed by atoms with Crippen molar-refractivity contribution in [3.8, 4) is 0 Å². The quantitative estimate of drug-likeness (QED) is 0.532. The summed E-state index contributed by atoms with van der Waals surface area (Å²) in [4.78, 5) is 2.08. The molecule has 0 heterocycles. The van der Waals surface area contributed by atoms with Crippen LogP contribution in [0.4, 0.5) is 0 Å². The summed E-state index contributed by atoms with van der Waals surface area (Å²) in [6.45, 7) is 2.23. The van der Waals surface area contributed by atoms with E-state index in [2.05, 4.69) is 38.2 Å². The molecule has 60 valence electrons. The molecule has 0 rings (SSSR count). The maximum atomic E-state index is 2.23. The van der Waals surface area contributed by atoms with E-state index in [0.29, 0.717) is 0 Å². The second-order valence-corrected chi connectivity index (χ2v) is 2.84. The number of rotatable bonds is 5. The Morgan fingerprint density at radius 2 is 1.90 bits per heavy atom. The highest BCUT2D eigenvalue weighted by atomic mass is 15.0. The Bertz CT molecular complexity index is 84.7. The second-order valence-electron chi connectivity index (χ2n) is 2.84. The maximum Gasteiger partial charge on any atom is 0.00555 e. The third kappa shape index (κ3) is 7.54. The third-order valence-electron chi connectivity index (χ3n) is 1.38. The lowest BCUT2D eigenvalue weighted by Crippen LogP contribution is -1.99. The highest BCUT2D eigenvalue weighted by Crippen LogP contribution is 1.99. The molecule has 1 nitrogen and oxygen atoms in total. The van der Waals surface area contributed by atoms with Gasteiger partial charge >= 0.3 is 0 Å². The van der Waals surface area contributed by atoms with Gasteiger partial charge in [-0.15, -0.1) is 0 Å². The van der Waals surface area contributed by atoms with Crippen molar-refractivity contribution in [1.82, 2.24) is 4.90 Å². The third-order valence-corrected chi connectivity index (χ3v) is 1.38. The van der Waals surface area contributed by atoms with Gasteiger partial charge in [-0.25, -0.2) is 0 Å². The Labute approximate surface area is 64.7 Å². The molecular formula is C9H19N. The first-order chi connectivity index (χ1) is 4.77. The largest absolute Gasteiger partial charge is 0.384 e. The van der Waals surface area contributed by atoms with Crippen molar-refractivity contribution in [3.05, 3.63) is 12.3 Å². The van der Waals surface area contributed by atoms with Gasteiger partial charge in [0.25, 0.3) is 0 Å². The molecule has 0 unspecified atom stereocenters. The van der Waals surface area contributed by atoms with E-state index < -0.39 is 0 Å². The van der Waals surface area contributed by atoms with Gasteiger partial charge < -0.3 is 4.90 Å². The minimum Gasteiger partial charge on any atom is -0.384 e. The lowest BCUT2D eigenvalue weighted by Gasteiger charge is -2.02. The van der Waals surface area contributed by atoms with Crippen LogP contribution in [0.3, 0.4) is 0 Å². The van der Waals surface area contributed by atoms with Gasteiger partial charge in [-0.05, 0) is 19.0 Å². The summed E-state index contributed by atoms with van der Waals surface area (Å²) in [6.07, 6.45) is 9.59. The molecule has 1 heteroatoms. The summed E-state index contributed by atoms with van der Waals surface area (Å²) in [6, 6.07) is 0. The molecule has 0 aliphatic carbocycles. The monoisotopic (exact) mass is 141 g/mol. The topological polar surface area (TPSA) is 3.24 Å². The molecule has 0 saturated heterocycles. The van der Waals surface area contributed by atoms with Gasteiger partial charge in [0.2, 0.25) is 0 Å². The summed E-state index contributed by atoms with van der Waals surface area (Å²) in [5.41, 5.74) is 0. The number of nitrogens with zero attached hydrogens (tertiary/aromatic N) is 1. The smallest absolute Gasteiger partial charge is 0.00555 e. The van der Waals surface area contributed by atoms with Crippen molar-refractivity contribution >= 4 is 0 Å². The van der Waals surface area contributed by atoms with Crippen molar-refractivity contribution < 1.29 is 0 Å². The van der Waals surface area contributed by atoms with Gasteiger partial charge in [0.05, 0.1) is 0 Å². The number of unbranched alkanes of at least 4 members (excludes halogenated alkanes) is 3. The second kappa shape index (κ2) is 6.66. The van der Waals surface area contributed by atoms with E-state index in [9.17, 15) is 0 Å². The zero-order valence-corrected chi connectivity index (χ0v) is 7.43. The van der Waals surface area contributed by atoms with Crippen molar-refractivity contribution in [3.63, 3.8) is 0 Å². The molecule has 0 bridgehead atoms. The summed E-state index contributed by atoms with van der Waals surface area (Å²) < 4.78 is 0. The van der Waals surface area contributed by atoms with Crippen molar-refractivity contribution in [2.24, 2.45) is 0 Å². The van der Waals surface area contributed by atoms with Crippen LogP contribution in [0.1, 0.15) is 32.6 Å². The van der Waals surface area contributed by atoms with Crippen LogP contribution < -0.4 is 0 Å². The SMILES string of the molecule is CCCCC/C=C/N(C)C. The standard InChI is InChI=1S/C9H19N/c1-4-5-6-7-8-9-10(2)3/h8-9H,4-7H2,1-3H3/b9-8+. The lowest BCUT2D eigenvalue weighted by atomic mass is 10.2. The Balaban J connectivity index is 3.02. The summed E-state index contributed by atoms with van der Waals surface area (Å²) >= 11 is 0. The first-order valence-electron chi connectivity index (χ1n) is 4.10. The van der Waals surface area contributed by atoms with Crippen LogP contribution in [0.25, 0.3) is 0 Å². The lowest BCUT2D eigenvalue weighted by molar-refractivity contribution is 0.559. The summed E-state index contributed by atoms with van der Waals surface area (Å²) in [7, 11) is 4.10. The van der Waals surface area contributed by atoms with E-state index in [1.807, 2.05) is 0 Å². The zero-order chi connectivity index (χ0) is 7.82. The van der Waals surface area contributed by atoms with E-state index >= 15 is 0 Å². The highest BCUT2D eigenvalue weighted by Gasteiger charge is 1.81. The Morgan fingerprint density at radius 1 is 1.20 bits per heavy atom. The zero-order valence-electron chi connectivity index (χ0n) is 7.43. The van der Waals surface area contributed by atoms with Gasteiger partial charge in [0.15, 0.2) is 0 Å². The van der Waals surface area contributed by atoms with Gasteiger partial charge in [-0.1, -0.05) is 25.8 Å². The van der Waals surface area contributed by atoms with E-state index in [4.69, 9.17) is 0 Å². The Kier molecular flexibility index (Phi) is 6.35. The van der Waals surface area contributed by atoms with Crippen LogP contribution in [0.15, 0.2) is 12.3 Å². The maximum absolute atomic E-state index is 2.23. The van der Waals surface area contributed by atoms with Gasteiger partial charge in [-0.2, -0.15) is 0 Å². The molecule has 0 aromatic heterocycles. The van der Waals surface area contributed by atoms with Crippen molar-refractivity contribution in [2.45, 2.75) is 32.6 Å². The first kappa shape index (κ1) is 9.54. The van der Waals surface area contributed by atoms with E-state index in [-0.39, 0.29) is 0 Å². The van der Waals surface area contributed by atoms with Gasteiger partial charge in [0, 0.05) is 14.1 Å². The molecule has 0 N–H and O–H groups in total. The molecule has 0 aliphatic heterocycles. The summed E-state index contributed by atoms with van der Waals surface area (Å²) in [5.74, 6) is 0. The fraction of sp³-hybridized carbons (Fsp3) is 0.778. The normalized spacial score (nSPS) is 10.7. The minimum atomic E-state index is 1.23. The molecule has 0 amide bonds. The number of allylic oxidation sites excluding steroid dienone is 1. The molecule has 0 aromatic carbocycles. The highest BCUT2D eigenvalue weighted by molar-refractivity contribution is 4.78. The van der Waals surface area contributed by atoms with Crippen molar-refractivity contribution in [1.29, 1.82) is 0 Å². The molecule has 0 saturated carbocycles. The molecule has 0 aliphatic rings. The fourth-order valence-corrected chi connectivity index (χ4v) is 0.798. The minimum absolute atomic E-state index is 1.23. The van der Waals surface area contributed by atoms with E-state index in [0.717, 1.165) is 0 Å². The van der Waals surface area contributed by atoms with Crippen LogP contribution in [0.5, 0.6) is 0 Å². The molecule has 0 aromatic rings. The average Bonchev–Trinajstić information content (AvgIpc) is 1.87. The summed E-state index contributed by atoms with van der Waals surface area (Å²) in [5, 5.41) is 0. The molecule has 10 heavy (non-hydrogen) atoms. The van der Waals surface area contributed by atoms with Crippen molar-refractivity contribution in [2.75, 3.05) is 14.1 Å². The number of hydrogen-bond acceptors (Lipinski definition) is 1. The Morgan fingerprint density at radius 3 is 2.40 bits per heavy atom. The van der Waals surface area contributed by atoms with E-state index in [1.165, 1.54) is 25.7 Å². The van der Waals surface area contributed by atoms with Crippen LogP contribution in [-0.4, -0.2) is 19.0 Å². The molecule has 0 radical (unpaired) electrons. The molecular weight excluding hydrogens is 122 g/mol. The molecule has 0 spiro atoms. The molecule has 0 atom stereocenters. The first-order valence-corrected chi connectivity index (χ1v) is 4.10.